The molecule has 0 saturated carbocycles. The Morgan fingerprint density at radius 3 is 2.61 bits per heavy atom. The predicted molar refractivity (Wildman–Crippen MR) is 111 cm³/mol. The monoisotopic (exact) mass is 422 g/mol. The van der Waals surface area contributed by atoms with Crippen molar-refractivity contribution in [2.75, 3.05) is 23.3 Å². The minimum atomic E-state index is -3.89. The first kappa shape index (κ1) is 20.5. The van der Waals surface area contributed by atoms with Crippen molar-refractivity contribution in [2.45, 2.75) is 31.6 Å². The predicted octanol–water partition coefficient (Wildman–Crippen LogP) is 4.08. The number of anilines is 2. The maximum Gasteiger partial charge on any atom is 0.265 e. The zero-order chi connectivity index (χ0) is 20.5. The summed E-state index contributed by atoms with van der Waals surface area (Å²) in [5.74, 6) is 0.644. The van der Waals surface area contributed by atoms with Gasteiger partial charge in [0.2, 0.25) is 5.91 Å². The summed E-state index contributed by atoms with van der Waals surface area (Å²) in [5, 5.41) is 0.300. The lowest BCUT2D eigenvalue weighted by Gasteiger charge is -2.31. The highest BCUT2D eigenvalue weighted by Gasteiger charge is 2.26. The van der Waals surface area contributed by atoms with Crippen LogP contribution >= 0.6 is 11.6 Å². The van der Waals surface area contributed by atoms with E-state index in [1.54, 1.807) is 29.2 Å². The molecule has 6 nitrogen and oxygen atoms in total. The van der Waals surface area contributed by atoms with E-state index in [-0.39, 0.29) is 16.6 Å². The van der Waals surface area contributed by atoms with Gasteiger partial charge in [0.05, 0.1) is 7.11 Å². The molecule has 3 rings (SSSR count). The fourth-order valence-electron chi connectivity index (χ4n) is 3.26. The van der Waals surface area contributed by atoms with E-state index in [1.807, 2.05) is 0 Å². The Morgan fingerprint density at radius 1 is 1.18 bits per heavy atom. The standard InChI is InChI=1S/C20H23ClN2O4S/c1-13(2)12-23-17-7-6-16(10-14(17)4-9-20(23)24)22-28(25,26)19-11-15(21)5-8-18(19)27-3/h5-8,10-11,13,22H,4,9,12H2,1-3H3. The fraction of sp³-hybridized carbons (Fsp3) is 0.350. The maximum absolute atomic E-state index is 12.8. The summed E-state index contributed by atoms with van der Waals surface area (Å²) in [6.07, 6.45) is 0.997. The Bertz CT molecular complexity index is 1010. The fourth-order valence-corrected chi connectivity index (χ4v) is 4.74. The number of sulfonamides is 1. The van der Waals surface area contributed by atoms with Gasteiger partial charge in [0.25, 0.3) is 10.0 Å². The highest BCUT2D eigenvalue weighted by atomic mass is 35.5. The summed E-state index contributed by atoms with van der Waals surface area (Å²) in [5.41, 5.74) is 2.21. The van der Waals surface area contributed by atoms with Gasteiger partial charge in [-0.25, -0.2) is 8.42 Å². The van der Waals surface area contributed by atoms with Crippen LogP contribution in [0.3, 0.4) is 0 Å². The van der Waals surface area contributed by atoms with Gasteiger partial charge >= 0.3 is 0 Å². The van der Waals surface area contributed by atoms with E-state index in [2.05, 4.69) is 18.6 Å². The summed E-state index contributed by atoms with van der Waals surface area (Å²) in [6.45, 7) is 4.75. The first-order valence-corrected chi connectivity index (χ1v) is 10.9. The molecule has 150 valence electrons. The van der Waals surface area contributed by atoms with Crippen molar-refractivity contribution in [3.63, 3.8) is 0 Å². The van der Waals surface area contributed by atoms with Gasteiger partial charge in [-0.2, -0.15) is 0 Å². The zero-order valence-electron chi connectivity index (χ0n) is 16.0. The smallest absolute Gasteiger partial charge is 0.265 e. The molecule has 28 heavy (non-hydrogen) atoms. The van der Waals surface area contributed by atoms with Crippen LogP contribution in [-0.4, -0.2) is 28.0 Å². The van der Waals surface area contributed by atoms with E-state index in [4.69, 9.17) is 16.3 Å². The van der Waals surface area contributed by atoms with Gasteiger partial charge in [-0.15, -0.1) is 0 Å². The molecule has 1 aliphatic heterocycles. The highest BCUT2D eigenvalue weighted by molar-refractivity contribution is 7.92. The Morgan fingerprint density at radius 2 is 1.93 bits per heavy atom. The Hall–Kier alpha value is -2.25. The lowest BCUT2D eigenvalue weighted by atomic mass is 9.99. The largest absolute Gasteiger partial charge is 0.495 e. The molecule has 0 radical (unpaired) electrons. The molecule has 0 bridgehead atoms. The summed E-state index contributed by atoms with van der Waals surface area (Å²) < 4.78 is 33.4. The van der Waals surface area contributed by atoms with Crippen LogP contribution in [0.4, 0.5) is 11.4 Å². The van der Waals surface area contributed by atoms with E-state index in [9.17, 15) is 13.2 Å². The van der Waals surface area contributed by atoms with Gasteiger partial charge in [-0.3, -0.25) is 9.52 Å². The number of carbonyl (C=O) groups excluding carboxylic acids is 1. The molecule has 1 heterocycles. The van der Waals surface area contributed by atoms with E-state index in [1.165, 1.54) is 19.2 Å². The van der Waals surface area contributed by atoms with E-state index < -0.39 is 10.0 Å². The summed E-state index contributed by atoms with van der Waals surface area (Å²) in [4.78, 5) is 14.0. The molecule has 0 saturated heterocycles. The number of hydrogen-bond acceptors (Lipinski definition) is 4. The first-order chi connectivity index (χ1) is 13.2. The molecule has 0 spiro atoms. The number of benzene rings is 2. The van der Waals surface area contributed by atoms with Crippen LogP contribution in [-0.2, 0) is 21.2 Å². The third-order valence-electron chi connectivity index (χ3n) is 4.49. The van der Waals surface area contributed by atoms with Crippen molar-refractivity contribution < 1.29 is 17.9 Å². The normalized spacial score (nSPS) is 14.2. The van der Waals surface area contributed by atoms with Gasteiger partial charge in [-0.05, 0) is 54.3 Å². The first-order valence-electron chi connectivity index (χ1n) is 9.01. The molecule has 0 atom stereocenters. The number of aryl methyl sites for hydroxylation is 1. The molecule has 2 aromatic rings. The van der Waals surface area contributed by atoms with E-state index in [0.717, 1.165) is 11.3 Å². The number of halogens is 1. The number of ether oxygens (including phenoxy) is 1. The third kappa shape index (κ3) is 4.25. The Labute approximate surface area is 170 Å². The molecular formula is C20H23ClN2O4S. The van der Waals surface area contributed by atoms with Crippen molar-refractivity contribution in [1.29, 1.82) is 0 Å². The SMILES string of the molecule is COc1ccc(Cl)cc1S(=O)(=O)Nc1ccc2c(c1)CCC(=O)N2CC(C)C. The highest BCUT2D eigenvalue weighted by Crippen LogP contribution is 2.33. The van der Waals surface area contributed by atoms with E-state index in [0.29, 0.717) is 36.0 Å². The van der Waals surface area contributed by atoms with Crippen molar-refractivity contribution in [2.24, 2.45) is 5.92 Å². The lowest BCUT2D eigenvalue weighted by molar-refractivity contribution is -0.119. The molecule has 0 aliphatic carbocycles. The topological polar surface area (TPSA) is 75.7 Å². The minimum Gasteiger partial charge on any atom is -0.495 e. The van der Waals surface area contributed by atoms with Crippen molar-refractivity contribution in [3.05, 3.63) is 47.0 Å². The second-order valence-corrected chi connectivity index (χ2v) is 9.23. The zero-order valence-corrected chi connectivity index (χ0v) is 17.6. The number of rotatable bonds is 6. The van der Waals surface area contributed by atoms with Crippen molar-refractivity contribution in [1.82, 2.24) is 0 Å². The van der Waals surface area contributed by atoms with Crippen LogP contribution in [0.1, 0.15) is 25.8 Å². The second-order valence-electron chi connectivity index (χ2n) is 7.14. The molecular weight excluding hydrogens is 400 g/mol. The minimum absolute atomic E-state index is 0.0307. The van der Waals surface area contributed by atoms with Gasteiger partial charge in [-0.1, -0.05) is 25.4 Å². The molecule has 0 aromatic heterocycles. The molecule has 1 aliphatic rings. The van der Waals surface area contributed by atoms with Crippen LogP contribution < -0.4 is 14.4 Å². The van der Waals surface area contributed by atoms with E-state index >= 15 is 0 Å². The van der Waals surface area contributed by atoms with Crippen LogP contribution in [0.2, 0.25) is 5.02 Å². The van der Waals surface area contributed by atoms with Crippen LogP contribution in [0, 0.1) is 5.92 Å². The maximum atomic E-state index is 12.8. The Kier molecular flexibility index (Phi) is 5.86. The van der Waals surface area contributed by atoms with Gasteiger partial charge < -0.3 is 9.64 Å². The number of nitrogens with zero attached hydrogens (tertiary/aromatic N) is 1. The second kappa shape index (κ2) is 8.01. The summed E-state index contributed by atoms with van der Waals surface area (Å²) >= 11 is 5.96. The van der Waals surface area contributed by atoms with Crippen LogP contribution in [0.15, 0.2) is 41.3 Å². The molecule has 1 N–H and O–H groups in total. The third-order valence-corrected chi connectivity index (χ3v) is 6.13. The van der Waals surface area contributed by atoms with Crippen molar-refractivity contribution in [3.8, 4) is 5.75 Å². The number of fused-ring (bicyclic) bond motifs is 1. The molecule has 0 fully saturated rings. The van der Waals surface area contributed by atoms with Gasteiger partial charge in [0.1, 0.15) is 10.6 Å². The van der Waals surface area contributed by atoms with Crippen LogP contribution in [0.25, 0.3) is 0 Å². The molecule has 1 amide bonds. The number of amides is 1. The Balaban J connectivity index is 1.92. The van der Waals surface area contributed by atoms with Crippen LogP contribution in [0.5, 0.6) is 5.75 Å². The average Bonchev–Trinajstić information content (AvgIpc) is 2.63. The van der Waals surface area contributed by atoms with Gasteiger partial charge in [0.15, 0.2) is 0 Å². The lowest BCUT2D eigenvalue weighted by Crippen LogP contribution is -2.37. The number of carbonyl (C=O) groups is 1. The summed E-state index contributed by atoms with van der Waals surface area (Å²) in [6, 6.07) is 9.67. The molecule has 8 heteroatoms. The number of methoxy groups -OCH3 is 1. The molecule has 0 unspecified atom stereocenters. The molecule has 2 aromatic carbocycles. The summed E-state index contributed by atoms with van der Waals surface area (Å²) in [7, 11) is -2.48. The average molecular weight is 423 g/mol. The van der Waals surface area contributed by atoms with Crippen molar-refractivity contribution >= 4 is 38.9 Å². The number of nitrogens with one attached hydrogen (secondary N) is 1. The number of hydrogen-bond donors (Lipinski definition) is 1. The van der Waals surface area contributed by atoms with Gasteiger partial charge in [0, 0.05) is 29.4 Å². The quantitative estimate of drug-likeness (QED) is 0.760.